The first kappa shape index (κ1) is 18.1. The van der Waals surface area contributed by atoms with E-state index < -0.39 is 23.3 Å². The Bertz CT molecular complexity index is 660. The molecule has 1 unspecified atom stereocenters. The van der Waals surface area contributed by atoms with Gasteiger partial charge in [0.15, 0.2) is 0 Å². The summed E-state index contributed by atoms with van der Waals surface area (Å²) in [5, 5.41) is 8.91. The van der Waals surface area contributed by atoms with Crippen molar-refractivity contribution in [1.82, 2.24) is 4.90 Å². The molecule has 1 fully saturated rings. The molecule has 4 nitrogen and oxygen atoms in total. The van der Waals surface area contributed by atoms with Crippen molar-refractivity contribution in [3.05, 3.63) is 29.3 Å². The standard InChI is InChI=1S/C17H20F3N3O/c1-11(16(24)22(2)3)23(10-12-4-5-12)14-7-6-13(9-21)15(8-14)17(18,19)20/h6-8,11-12H,4-5,10H2,1-3H3. The summed E-state index contributed by atoms with van der Waals surface area (Å²) in [5.74, 6) is 0.223. The van der Waals surface area contributed by atoms with Crippen LogP contribution in [-0.4, -0.2) is 37.5 Å². The van der Waals surface area contributed by atoms with Crippen molar-refractivity contribution in [3.8, 4) is 6.07 Å². The average Bonchev–Trinajstić information content (AvgIpc) is 3.33. The maximum absolute atomic E-state index is 13.2. The number of halogens is 3. The second-order valence-electron chi connectivity index (χ2n) is 6.34. The van der Waals surface area contributed by atoms with E-state index in [1.54, 1.807) is 32.0 Å². The van der Waals surface area contributed by atoms with Gasteiger partial charge in [-0.05, 0) is 43.9 Å². The van der Waals surface area contributed by atoms with Crippen molar-refractivity contribution >= 4 is 11.6 Å². The number of carbonyl (C=O) groups is 1. The number of hydrogen-bond acceptors (Lipinski definition) is 3. The highest BCUT2D eigenvalue weighted by atomic mass is 19.4. The van der Waals surface area contributed by atoms with Gasteiger partial charge >= 0.3 is 6.18 Å². The maximum Gasteiger partial charge on any atom is 0.417 e. The van der Waals surface area contributed by atoms with Gasteiger partial charge in [-0.1, -0.05) is 0 Å². The molecule has 0 bridgehead atoms. The largest absolute Gasteiger partial charge is 0.417 e. The Kier molecular flexibility index (Phi) is 5.07. The molecule has 24 heavy (non-hydrogen) atoms. The lowest BCUT2D eigenvalue weighted by molar-refractivity contribution is -0.137. The van der Waals surface area contributed by atoms with Crippen molar-refractivity contribution < 1.29 is 18.0 Å². The van der Waals surface area contributed by atoms with Gasteiger partial charge in [-0.2, -0.15) is 18.4 Å². The molecule has 1 aromatic carbocycles. The number of hydrogen-bond donors (Lipinski definition) is 0. The Morgan fingerprint density at radius 2 is 2.00 bits per heavy atom. The van der Waals surface area contributed by atoms with Crippen LogP contribution in [0.15, 0.2) is 18.2 Å². The van der Waals surface area contributed by atoms with Crippen molar-refractivity contribution in [2.24, 2.45) is 5.92 Å². The third-order valence-electron chi connectivity index (χ3n) is 4.18. The molecule has 0 spiro atoms. The molecule has 1 atom stereocenters. The first-order chi connectivity index (χ1) is 11.1. The van der Waals surface area contributed by atoms with Crippen LogP contribution in [0.5, 0.6) is 0 Å². The summed E-state index contributed by atoms with van der Waals surface area (Å²) in [6, 6.07) is 4.63. The summed E-state index contributed by atoms with van der Waals surface area (Å²) < 4.78 is 39.6. The molecule has 130 valence electrons. The van der Waals surface area contributed by atoms with Crippen molar-refractivity contribution in [3.63, 3.8) is 0 Å². The van der Waals surface area contributed by atoms with Crippen LogP contribution in [-0.2, 0) is 11.0 Å². The quantitative estimate of drug-likeness (QED) is 0.827. The van der Waals surface area contributed by atoms with Crippen LogP contribution in [0, 0.1) is 17.2 Å². The van der Waals surface area contributed by atoms with Crippen molar-refractivity contribution in [1.29, 1.82) is 5.26 Å². The van der Waals surface area contributed by atoms with Gasteiger partial charge in [0.25, 0.3) is 0 Å². The highest BCUT2D eigenvalue weighted by molar-refractivity contribution is 5.84. The fourth-order valence-electron chi connectivity index (χ4n) is 2.62. The van der Waals surface area contributed by atoms with Crippen LogP contribution in [0.25, 0.3) is 0 Å². The fourth-order valence-corrected chi connectivity index (χ4v) is 2.62. The van der Waals surface area contributed by atoms with Crippen LogP contribution >= 0.6 is 0 Å². The summed E-state index contributed by atoms with van der Waals surface area (Å²) in [6.07, 6.45) is -2.58. The molecule has 0 N–H and O–H groups in total. The van der Waals surface area contributed by atoms with E-state index in [-0.39, 0.29) is 5.91 Å². The monoisotopic (exact) mass is 339 g/mol. The summed E-state index contributed by atoms with van der Waals surface area (Å²) in [4.78, 5) is 15.4. The molecule has 0 radical (unpaired) electrons. The fraction of sp³-hybridized carbons (Fsp3) is 0.529. The Labute approximate surface area is 139 Å². The minimum Gasteiger partial charge on any atom is -0.359 e. The van der Waals surface area contributed by atoms with Gasteiger partial charge in [0.05, 0.1) is 17.2 Å². The molecule has 0 saturated heterocycles. The summed E-state index contributed by atoms with van der Waals surface area (Å²) in [7, 11) is 3.24. The van der Waals surface area contributed by atoms with Crippen LogP contribution in [0.4, 0.5) is 18.9 Å². The Morgan fingerprint density at radius 1 is 1.38 bits per heavy atom. The Morgan fingerprint density at radius 3 is 2.46 bits per heavy atom. The third-order valence-corrected chi connectivity index (χ3v) is 4.18. The molecular formula is C17H20F3N3O. The molecule has 1 aliphatic carbocycles. The third kappa shape index (κ3) is 3.99. The molecular weight excluding hydrogens is 319 g/mol. The van der Waals surface area contributed by atoms with Gasteiger partial charge in [-0.25, -0.2) is 0 Å². The van der Waals surface area contributed by atoms with Crippen LogP contribution in [0.3, 0.4) is 0 Å². The molecule has 1 aromatic rings. The second-order valence-corrected chi connectivity index (χ2v) is 6.34. The van der Waals surface area contributed by atoms with Crippen molar-refractivity contribution in [2.45, 2.75) is 32.0 Å². The number of rotatable bonds is 5. The van der Waals surface area contributed by atoms with Crippen LogP contribution < -0.4 is 4.90 Å². The van der Waals surface area contributed by atoms with E-state index in [1.807, 2.05) is 0 Å². The predicted octanol–water partition coefficient (Wildman–Crippen LogP) is 3.27. The zero-order chi connectivity index (χ0) is 18.1. The van der Waals surface area contributed by atoms with E-state index >= 15 is 0 Å². The van der Waals surface area contributed by atoms with E-state index in [9.17, 15) is 18.0 Å². The van der Waals surface area contributed by atoms with Gasteiger partial charge < -0.3 is 9.80 Å². The van der Waals surface area contributed by atoms with Crippen LogP contribution in [0.2, 0.25) is 0 Å². The number of anilines is 1. The molecule has 2 rings (SSSR count). The summed E-state index contributed by atoms with van der Waals surface area (Å²) >= 11 is 0. The minimum absolute atomic E-state index is 0.173. The maximum atomic E-state index is 13.2. The molecule has 0 heterocycles. The normalized spacial score (nSPS) is 15.5. The number of nitrogens with zero attached hydrogens (tertiary/aromatic N) is 3. The SMILES string of the molecule is CC(C(=O)N(C)C)N(CC1CC1)c1ccc(C#N)c(C(F)(F)F)c1. The highest BCUT2D eigenvalue weighted by Crippen LogP contribution is 2.37. The molecule has 0 aliphatic heterocycles. The lowest BCUT2D eigenvalue weighted by Gasteiger charge is -2.32. The highest BCUT2D eigenvalue weighted by Gasteiger charge is 2.36. The summed E-state index contributed by atoms with van der Waals surface area (Å²) in [6.45, 7) is 2.22. The molecule has 1 aliphatic rings. The molecule has 7 heteroatoms. The molecule has 1 saturated carbocycles. The van der Waals surface area contributed by atoms with Gasteiger partial charge in [0.1, 0.15) is 6.04 Å². The van der Waals surface area contributed by atoms with Gasteiger partial charge in [0, 0.05) is 26.3 Å². The number of likely N-dealkylation sites (N-methyl/N-ethyl adjacent to an activating group) is 1. The minimum atomic E-state index is -4.61. The zero-order valence-electron chi connectivity index (χ0n) is 13.9. The number of nitriles is 1. The molecule has 0 aromatic heterocycles. The smallest absolute Gasteiger partial charge is 0.359 e. The van der Waals surface area contributed by atoms with Gasteiger partial charge in [-0.3, -0.25) is 4.79 Å². The first-order valence-electron chi connectivity index (χ1n) is 7.74. The summed E-state index contributed by atoms with van der Waals surface area (Å²) in [5.41, 5.74) is -1.06. The predicted molar refractivity (Wildman–Crippen MR) is 84.4 cm³/mol. The van der Waals surface area contributed by atoms with E-state index in [2.05, 4.69) is 0 Å². The number of alkyl halides is 3. The average molecular weight is 339 g/mol. The number of amides is 1. The Hall–Kier alpha value is -2.23. The number of carbonyl (C=O) groups excluding carboxylic acids is 1. The molecule has 1 amide bonds. The van der Waals surface area contributed by atoms with Gasteiger partial charge in [0.2, 0.25) is 5.91 Å². The van der Waals surface area contributed by atoms with E-state index in [1.165, 1.54) is 17.0 Å². The number of benzene rings is 1. The van der Waals surface area contributed by atoms with E-state index in [0.717, 1.165) is 18.9 Å². The van der Waals surface area contributed by atoms with Gasteiger partial charge in [-0.15, -0.1) is 0 Å². The van der Waals surface area contributed by atoms with E-state index in [4.69, 9.17) is 5.26 Å². The van der Waals surface area contributed by atoms with Crippen LogP contribution in [0.1, 0.15) is 30.9 Å². The lowest BCUT2D eigenvalue weighted by Crippen LogP contribution is -2.45. The second kappa shape index (κ2) is 6.71. The lowest BCUT2D eigenvalue weighted by atomic mass is 10.1. The topological polar surface area (TPSA) is 47.3 Å². The van der Waals surface area contributed by atoms with Crippen molar-refractivity contribution in [2.75, 3.05) is 25.5 Å². The van der Waals surface area contributed by atoms with E-state index in [0.29, 0.717) is 18.2 Å². The first-order valence-corrected chi connectivity index (χ1v) is 7.74. The zero-order valence-corrected chi connectivity index (χ0v) is 13.9. The Balaban J connectivity index is 2.42.